The van der Waals surface area contributed by atoms with Crippen molar-refractivity contribution in [1.82, 2.24) is 0 Å². The Morgan fingerprint density at radius 1 is 1.18 bits per heavy atom. The van der Waals surface area contributed by atoms with Gasteiger partial charge in [-0.15, -0.1) is 6.58 Å². The van der Waals surface area contributed by atoms with Crippen LogP contribution < -0.4 is 0 Å². The normalized spacial score (nSPS) is 38.6. The second kappa shape index (κ2) is 7.91. The van der Waals surface area contributed by atoms with Crippen LogP contribution in [0.15, 0.2) is 12.7 Å². The fraction of sp³-hybridized carbons (Fsp3) is 0.889. The van der Waals surface area contributed by atoms with Crippen molar-refractivity contribution < 1.29 is 19.3 Å². The summed E-state index contributed by atoms with van der Waals surface area (Å²) in [6, 6.07) is 0. The molecular formula is C18H32O4. The van der Waals surface area contributed by atoms with Gasteiger partial charge >= 0.3 is 0 Å². The molecule has 0 saturated carbocycles. The molecule has 2 saturated heterocycles. The van der Waals surface area contributed by atoms with Crippen LogP contribution in [0, 0.1) is 5.92 Å². The Kier molecular flexibility index (Phi) is 6.45. The Morgan fingerprint density at radius 3 is 2.59 bits per heavy atom. The van der Waals surface area contributed by atoms with E-state index in [2.05, 4.69) is 13.5 Å². The zero-order valence-corrected chi connectivity index (χ0v) is 14.3. The third-order valence-corrected chi connectivity index (χ3v) is 4.75. The minimum atomic E-state index is -0.582. The van der Waals surface area contributed by atoms with E-state index in [0.717, 1.165) is 25.7 Å². The minimum Gasteiger partial charge on any atom is -0.396 e. The molecule has 22 heavy (non-hydrogen) atoms. The van der Waals surface area contributed by atoms with Crippen LogP contribution in [0.2, 0.25) is 0 Å². The summed E-state index contributed by atoms with van der Waals surface area (Å²) in [4.78, 5) is 0. The third kappa shape index (κ3) is 5.05. The van der Waals surface area contributed by atoms with Gasteiger partial charge in [-0.25, -0.2) is 0 Å². The van der Waals surface area contributed by atoms with Crippen molar-refractivity contribution in [2.24, 2.45) is 5.92 Å². The molecule has 2 aliphatic heterocycles. The van der Waals surface area contributed by atoms with Crippen LogP contribution in [-0.4, -0.2) is 41.9 Å². The Bertz CT molecular complexity index is 355. The summed E-state index contributed by atoms with van der Waals surface area (Å²) in [6.45, 7) is 10.2. The van der Waals surface area contributed by atoms with Gasteiger partial charge in [0, 0.05) is 19.4 Å². The summed E-state index contributed by atoms with van der Waals surface area (Å²) in [5.74, 6) is -0.0202. The van der Waals surface area contributed by atoms with Gasteiger partial charge in [0.25, 0.3) is 0 Å². The lowest BCUT2D eigenvalue weighted by Crippen LogP contribution is -2.47. The molecule has 0 bridgehead atoms. The van der Waals surface area contributed by atoms with Crippen LogP contribution in [0.5, 0.6) is 0 Å². The largest absolute Gasteiger partial charge is 0.396 e. The maximum atomic E-state index is 9.18. The van der Waals surface area contributed by atoms with Gasteiger partial charge in [-0.1, -0.05) is 13.0 Å². The fourth-order valence-corrected chi connectivity index (χ4v) is 3.68. The summed E-state index contributed by atoms with van der Waals surface area (Å²) in [5.41, 5.74) is 0. The summed E-state index contributed by atoms with van der Waals surface area (Å²) in [7, 11) is 0. The molecule has 0 aromatic rings. The first-order chi connectivity index (χ1) is 10.4. The number of rotatable bonds is 6. The molecule has 0 unspecified atom stereocenters. The molecule has 2 aliphatic rings. The molecule has 2 heterocycles. The van der Waals surface area contributed by atoms with Crippen LogP contribution >= 0.6 is 0 Å². The summed E-state index contributed by atoms with van der Waals surface area (Å²) >= 11 is 0. The minimum absolute atomic E-state index is 0.0709. The van der Waals surface area contributed by atoms with Crippen LogP contribution in [0.25, 0.3) is 0 Å². The molecule has 0 aromatic carbocycles. The maximum Gasteiger partial charge on any atom is 0.163 e. The smallest absolute Gasteiger partial charge is 0.163 e. The van der Waals surface area contributed by atoms with Crippen molar-refractivity contribution in [2.75, 3.05) is 6.61 Å². The Balaban J connectivity index is 1.93. The van der Waals surface area contributed by atoms with Gasteiger partial charge in [0.15, 0.2) is 5.79 Å². The van der Waals surface area contributed by atoms with Gasteiger partial charge < -0.3 is 19.3 Å². The lowest BCUT2D eigenvalue weighted by atomic mass is 9.88. The van der Waals surface area contributed by atoms with E-state index in [0.29, 0.717) is 18.4 Å². The van der Waals surface area contributed by atoms with Gasteiger partial charge in [0.2, 0.25) is 0 Å². The molecule has 2 fully saturated rings. The van der Waals surface area contributed by atoms with E-state index in [1.165, 1.54) is 6.42 Å². The quantitative estimate of drug-likeness (QED) is 0.763. The summed E-state index contributed by atoms with van der Waals surface area (Å²) in [6.07, 6.45) is 8.37. The van der Waals surface area contributed by atoms with Crippen molar-refractivity contribution in [2.45, 2.75) is 89.5 Å². The first kappa shape index (κ1) is 17.9. The van der Waals surface area contributed by atoms with Crippen LogP contribution in [0.3, 0.4) is 0 Å². The zero-order chi connectivity index (χ0) is 16.2. The van der Waals surface area contributed by atoms with Crippen molar-refractivity contribution in [3.8, 4) is 0 Å². The van der Waals surface area contributed by atoms with Crippen LogP contribution in [0.4, 0.5) is 0 Å². The molecule has 0 amide bonds. The van der Waals surface area contributed by atoms with Crippen molar-refractivity contribution >= 4 is 0 Å². The second-order valence-electron chi connectivity index (χ2n) is 7.24. The molecular weight excluding hydrogens is 280 g/mol. The number of aliphatic hydroxyl groups is 1. The van der Waals surface area contributed by atoms with Gasteiger partial charge in [-0.3, -0.25) is 0 Å². The Labute approximate surface area is 134 Å². The van der Waals surface area contributed by atoms with E-state index in [1.807, 2.05) is 19.9 Å². The van der Waals surface area contributed by atoms with E-state index in [1.54, 1.807) is 0 Å². The lowest BCUT2D eigenvalue weighted by Gasteiger charge is -2.43. The molecule has 0 aromatic heterocycles. The van der Waals surface area contributed by atoms with E-state index >= 15 is 0 Å². The predicted octanol–water partition coefficient (Wildman–Crippen LogP) is 3.43. The van der Waals surface area contributed by atoms with E-state index in [9.17, 15) is 5.11 Å². The molecule has 0 spiro atoms. The van der Waals surface area contributed by atoms with E-state index in [-0.39, 0.29) is 24.9 Å². The molecule has 0 aliphatic carbocycles. The molecule has 2 rings (SSSR count). The van der Waals surface area contributed by atoms with Gasteiger partial charge in [0.05, 0.1) is 24.4 Å². The maximum absolute atomic E-state index is 9.18. The monoisotopic (exact) mass is 312 g/mol. The number of hydrogen-bond acceptors (Lipinski definition) is 4. The highest BCUT2D eigenvalue weighted by Crippen LogP contribution is 2.35. The topological polar surface area (TPSA) is 47.9 Å². The summed E-state index contributed by atoms with van der Waals surface area (Å²) in [5, 5.41) is 9.18. The molecule has 0 radical (unpaired) electrons. The van der Waals surface area contributed by atoms with Crippen LogP contribution in [-0.2, 0) is 14.2 Å². The fourth-order valence-electron chi connectivity index (χ4n) is 3.68. The summed E-state index contributed by atoms with van der Waals surface area (Å²) < 4.78 is 18.2. The lowest BCUT2D eigenvalue weighted by molar-refractivity contribution is -0.306. The third-order valence-electron chi connectivity index (χ3n) is 4.75. The molecule has 128 valence electrons. The first-order valence-corrected chi connectivity index (χ1v) is 8.66. The molecule has 4 heteroatoms. The number of aliphatic hydroxyl groups excluding tert-OH is 1. The highest BCUT2D eigenvalue weighted by atomic mass is 16.7. The highest BCUT2D eigenvalue weighted by molar-refractivity contribution is 4.85. The number of hydrogen-bond donors (Lipinski definition) is 1. The first-order valence-electron chi connectivity index (χ1n) is 8.66. The van der Waals surface area contributed by atoms with Crippen molar-refractivity contribution in [3.63, 3.8) is 0 Å². The van der Waals surface area contributed by atoms with Crippen molar-refractivity contribution in [3.05, 3.63) is 12.7 Å². The zero-order valence-electron chi connectivity index (χ0n) is 14.3. The molecule has 5 atom stereocenters. The van der Waals surface area contributed by atoms with Crippen LogP contribution in [0.1, 0.15) is 59.3 Å². The highest BCUT2D eigenvalue weighted by Gasteiger charge is 2.38. The van der Waals surface area contributed by atoms with E-state index in [4.69, 9.17) is 14.2 Å². The van der Waals surface area contributed by atoms with E-state index < -0.39 is 5.79 Å². The average Bonchev–Trinajstić information content (AvgIpc) is 2.41. The molecule has 1 N–H and O–H groups in total. The average molecular weight is 312 g/mol. The SMILES string of the molecule is C=CC[C@@H]1CC[C@H](C)[C@@H](C[C@@H]2C[C@H](CCO)OC(C)(C)O2)O1. The van der Waals surface area contributed by atoms with Gasteiger partial charge in [0.1, 0.15) is 0 Å². The standard InChI is InChI=1S/C18H32O4/c1-5-6-14-8-7-13(2)17(20-14)12-16-11-15(9-10-19)21-18(3,4)22-16/h5,13-17,19H,1,6-12H2,2-4H3/t13-,14+,15-,16-,17+/m0/s1. The second-order valence-corrected chi connectivity index (χ2v) is 7.24. The Hall–Kier alpha value is -0.420. The van der Waals surface area contributed by atoms with Gasteiger partial charge in [-0.05, 0) is 45.4 Å². The number of ether oxygens (including phenoxy) is 3. The molecule has 4 nitrogen and oxygen atoms in total. The van der Waals surface area contributed by atoms with Crippen molar-refractivity contribution in [1.29, 1.82) is 0 Å². The Morgan fingerprint density at radius 2 is 1.91 bits per heavy atom. The predicted molar refractivity (Wildman–Crippen MR) is 86.6 cm³/mol. The van der Waals surface area contributed by atoms with Gasteiger partial charge in [-0.2, -0.15) is 0 Å².